The maximum atomic E-state index is 12.8. The van der Waals surface area contributed by atoms with Gasteiger partial charge in [0, 0.05) is 37.2 Å². The second-order valence-electron chi connectivity index (χ2n) is 7.53. The highest BCUT2D eigenvalue weighted by atomic mass is 32.2. The molecule has 7 nitrogen and oxygen atoms in total. The predicted octanol–water partition coefficient (Wildman–Crippen LogP) is 2.54. The summed E-state index contributed by atoms with van der Waals surface area (Å²) in [7, 11) is 2.06. The summed E-state index contributed by atoms with van der Waals surface area (Å²) >= 11 is 1.73. The fourth-order valence-corrected chi connectivity index (χ4v) is 4.91. The number of para-hydroxylation sites is 2. The van der Waals surface area contributed by atoms with Crippen LogP contribution >= 0.6 is 11.8 Å². The van der Waals surface area contributed by atoms with Crippen LogP contribution in [0, 0.1) is 0 Å². The van der Waals surface area contributed by atoms with Gasteiger partial charge < -0.3 is 20.6 Å². The molecule has 0 unspecified atom stereocenters. The molecule has 32 heavy (non-hydrogen) atoms. The highest BCUT2D eigenvalue weighted by molar-refractivity contribution is 8.03. The molecule has 0 saturated carbocycles. The second kappa shape index (κ2) is 9.42. The van der Waals surface area contributed by atoms with E-state index in [2.05, 4.69) is 30.2 Å². The van der Waals surface area contributed by atoms with Crippen LogP contribution in [0.1, 0.15) is 5.56 Å². The fourth-order valence-electron chi connectivity index (χ4n) is 3.81. The molecule has 1 aromatic heterocycles. The minimum absolute atomic E-state index is 0.0464. The number of hydrogen-bond donors (Lipinski definition) is 2. The third-order valence-electron chi connectivity index (χ3n) is 5.39. The van der Waals surface area contributed by atoms with E-state index in [0.717, 1.165) is 21.5 Å². The molecule has 0 atom stereocenters. The van der Waals surface area contributed by atoms with E-state index >= 15 is 0 Å². The number of carbonyl (C=O) groups excluding carboxylic acids is 1. The van der Waals surface area contributed by atoms with Gasteiger partial charge in [0.25, 0.3) is 5.91 Å². The van der Waals surface area contributed by atoms with Gasteiger partial charge in [0.15, 0.2) is 6.20 Å². The first kappa shape index (κ1) is 21.9. The first-order chi connectivity index (χ1) is 15.5. The van der Waals surface area contributed by atoms with Crippen molar-refractivity contribution in [3.63, 3.8) is 0 Å². The van der Waals surface area contributed by atoms with Crippen LogP contribution in [0.4, 0.5) is 5.69 Å². The highest BCUT2D eigenvalue weighted by Crippen LogP contribution is 2.45. The quantitative estimate of drug-likeness (QED) is 0.539. The van der Waals surface area contributed by atoms with Crippen molar-refractivity contribution in [2.75, 3.05) is 31.6 Å². The van der Waals surface area contributed by atoms with Crippen LogP contribution in [-0.4, -0.2) is 48.6 Å². The summed E-state index contributed by atoms with van der Waals surface area (Å²) in [5.74, 6) is -1.33. The van der Waals surface area contributed by atoms with E-state index in [4.69, 9.17) is 10.8 Å². The number of hydrogen-bond acceptors (Lipinski definition) is 5. The normalized spacial score (nSPS) is 14.1. The maximum Gasteiger partial charge on any atom is 0.323 e. The van der Waals surface area contributed by atoms with Crippen LogP contribution in [0.25, 0.3) is 17.0 Å². The number of aromatic nitrogens is 1. The van der Waals surface area contributed by atoms with Crippen molar-refractivity contribution in [3.05, 3.63) is 71.4 Å². The summed E-state index contributed by atoms with van der Waals surface area (Å²) in [6.45, 7) is 0.107. The van der Waals surface area contributed by atoms with Crippen molar-refractivity contribution in [3.8, 4) is 0 Å². The monoisotopic (exact) mass is 449 g/mol. The zero-order chi connectivity index (χ0) is 22.7. The largest absolute Gasteiger partial charge is 0.480 e. The maximum absolute atomic E-state index is 12.8. The molecule has 0 fully saturated rings. The molecular formula is C24H25N4O3S+. The number of pyridine rings is 1. The van der Waals surface area contributed by atoms with E-state index in [1.165, 1.54) is 15.5 Å². The number of aliphatic carboxylic acids is 1. The Morgan fingerprint density at radius 3 is 2.66 bits per heavy atom. The lowest BCUT2D eigenvalue weighted by Gasteiger charge is -2.18. The molecule has 3 aromatic rings. The number of carboxylic acid groups (broad SMARTS) is 1. The number of anilines is 1. The van der Waals surface area contributed by atoms with Crippen LogP contribution in [0.15, 0.2) is 70.7 Å². The predicted molar refractivity (Wildman–Crippen MR) is 126 cm³/mol. The van der Waals surface area contributed by atoms with E-state index in [1.54, 1.807) is 11.8 Å². The lowest BCUT2D eigenvalue weighted by atomic mass is 10.1. The zero-order valence-electron chi connectivity index (χ0n) is 17.8. The summed E-state index contributed by atoms with van der Waals surface area (Å²) in [6, 6.07) is 18.2. The number of nitrogens with zero attached hydrogens (tertiary/aromatic N) is 3. The molecule has 4 rings (SSSR count). The molecule has 1 amide bonds. The lowest BCUT2D eigenvalue weighted by molar-refractivity contribution is -0.659. The fraction of sp³-hybridized carbons (Fsp3) is 0.208. The third kappa shape index (κ3) is 4.46. The molecule has 1 aliphatic heterocycles. The number of carboxylic acids is 1. The first-order valence-corrected chi connectivity index (χ1v) is 11.1. The summed E-state index contributed by atoms with van der Waals surface area (Å²) < 4.78 is 1.85. The van der Waals surface area contributed by atoms with Gasteiger partial charge in [-0.05, 0) is 29.8 Å². The zero-order valence-corrected chi connectivity index (χ0v) is 18.6. The molecule has 2 heterocycles. The molecule has 8 heteroatoms. The summed E-state index contributed by atoms with van der Waals surface area (Å²) in [4.78, 5) is 28.6. The molecule has 0 spiro atoms. The first-order valence-electron chi connectivity index (χ1n) is 10.3. The van der Waals surface area contributed by atoms with Gasteiger partial charge in [-0.25, -0.2) is 0 Å². The van der Waals surface area contributed by atoms with E-state index in [-0.39, 0.29) is 32.1 Å². The second-order valence-corrected chi connectivity index (χ2v) is 8.59. The Hall–Kier alpha value is -3.36. The van der Waals surface area contributed by atoms with E-state index in [0.29, 0.717) is 0 Å². The van der Waals surface area contributed by atoms with Gasteiger partial charge in [0.1, 0.15) is 6.54 Å². The highest BCUT2D eigenvalue weighted by Gasteiger charge is 2.24. The van der Waals surface area contributed by atoms with Crippen LogP contribution in [0.2, 0.25) is 0 Å². The van der Waals surface area contributed by atoms with Crippen LogP contribution < -0.4 is 15.2 Å². The van der Waals surface area contributed by atoms with Gasteiger partial charge in [-0.15, -0.1) is 0 Å². The third-order valence-corrected chi connectivity index (χ3v) is 6.56. The van der Waals surface area contributed by atoms with Crippen molar-refractivity contribution in [2.45, 2.75) is 11.4 Å². The van der Waals surface area contributed by atoms with E-state index in [1.807, 2.05) is 53.2 Å². The molecule has 1 aliphatic rings. The summed E-state index contributed by atoms with van der Waals surface area (Å²) in [5, 5.41) is 11.2. The Kier molecular flexibility index (Phi) is 6.43. The molecule has 0 bridgehead atoms. The van der Waals surface area contributed by atoms with E-state index < -0.39 is 5.97 Å². The van der Waals surface area contributed by atoms with Crippen molar-refractivity contribution >= 4 is 46.3 Å². The molecule has 0 aliphatic carbocycles. The van der Waals surface area contributed by atoms with E-state index in [9.17, 15) is 9.59 Å². The molecule has 3 N–H and O–H groups in total. The average molecular weight is 450 g/mol. The van der Waals surface area contributed by atoms with Crippen molar-refractivity contribution < 1.29 is 19.3 Å². The van der Waals surface area contributed by atoms with Crippen LogP contribution in [0.5, 0.6) is 0 Å². The lowest BCUT2D eigenvalue weighted by Crippen LogP contribution is -2.48. The van der Waals surface area contributed by atoms with Gasteiger partial charge in [0.05, 0.1) is 16.1 Å². The van der Waals surface area contributed by atoms with Gasteiger partial charge >= 0.3 is 5.97 Å². The molecule has 2 aromatic carbocycles. The number of benzene rings is 2. The Morgan fingerprint density at radius 2 is 1.91 bits per heavy atom. The van der Waals surface area contributed by atoms with Gasteiger partial charge in [-0.1, -0.05) is 36.0 Å². The Morgan fingerprint density at radius 1 is 1.16 bits per heavy atom. The molecular weight excluding hydrogens is 424 g/mol. The van der Waals surface area contributed by atoms with Crippen molar-refractivity contribution in [2.24, 2.45) is 5.73 Å². The van der Waals surface area contributed by atoms with Crippen LogP contribution in [-0.2, 0) is 16.1 Å². The number of fused-ring (bicyclic) bond motifs is 2. The average Bonchev–Trinajstić information content (AvgIpc) is 3.10. The SMILES string of the molecule is CN1C(=Cc2cc[n+](CC(=O)N(CCN)CC(=O)O)c3ccccc23)Sc2ccccc21. The molecule has 0 radical (unpaired) electrons. The minimum Gasteiger partial charge on any atom is -0.480 e. The molecule has 164 valence electrons. The minimum atomic E-state index is -1.05. The van der Waals surface area contributed by atoms with Crippen LogP contribution in [0.3, 0.4) is 0 Å². The number of rotatable bonds is 7. The number of nitrogens with two attached hydrogens (primary N) is 1. The Bertz CT molecular complexity index is 1210. The van der Waals surface area contributed by atoms with Crippen molar-refractivity contribution in [1.82, 2.24) is 4.90 Å². The molecule has 0 saturated heterocycles. The summed E-state index contributed by atoms with van der Waals surface area (Å²) in [5.41, 5.74) is 8.70. The summed E-state index contributed by atoms with van der Waals surface area (Å²) in [6.07, 6.45) is 4.03. The number of thioether (sulfide) groups is 1. The van der Waals surface area contributed by atoms with Gasteiger partial charge in [-0.2, -0.15) is 4.57 Å². The van der Waals surface area contributed by atoms with Crippen molar-refractivity contribution in [1.29, 1.82) is 0 Å². The number of carbonyl (C=O) groups is 2. The standard InChI is InChI=1S/C24H24N4O3S/c1-26-20-8-4-5-9-21(20)32-23(26)14-17-10-12-27(19-7-3-2-6-18(17)19)15-22(29)28(13-11-25)16-24(30)31/h2-10,12,14H,11,13,15-16,25H2,1H3/p+1. The smallest absolute Gasteiger partial charge is 0.323 e. The number of amides is 1. The van der Waals surface area contributed by atoms with Gasteiger partial charge in [-0.3, -0.25) is 9.59 Å². The Balaban J connectivity index is 1.65. The topological polar surface area (TPSA) is 90.8 Å². The van der Waals surface area contributed by atoms with Gasteiger partial charge in [0.2, 0.25) is 12.1 Å². The Labute approximate surface area is 190 Å².